The molecule has 5 nitrogen and oxygen atoms in total. The first-order chi connectivity index (χ1) is 8.61. The molecule has 0 aliphatic carbocycles. The molecule has 1 unspecified atom stereocenters. The topological polar surface area (TPSA) is 70.2 Å². The molecule has 0 aromatic rings. The Kier molecular flexibility index (Phi) is 7.68. The number of rotatable bonds is 7. The Labute approximate surface area is 116 Å². The summed E-state index contributed by atoms with van der Waals surface area (Å²) in [7, 11) is 0. The van der Waals surface area contributed by atoms with Crippen LogP contribution in [0, 0.1) is 5.92 Å². The highest BCUT2D eigenvalue weighted by Gasteiger charge is 2.18. The van der Waals surface area contributed by atoms with Crippen LogP contribution in [0.4, 0.5) is 0 Å². The molecule has 0 radical (unpaired) electrons. The molecule has 2 amide bonds. The second-order valence-corrected chi connectivity index (χ2v) is 6.36. The number of hydrogen-bond donors (Lipinski definition) is 3. The average molecular weight is 271 g/mol. The highest BCUT2D eigenvalue weighted by atomic mass is 16.2. The number of nitrogens with one attached hydrogen (secondary N) is 3. The van der Waals surface area contributed by atoms with Crippen LogP contribution in [0.3, 0.4) is 0 Å². The quantitative estimate of drug-likeness (QED) is 0.648. The fourth-order valence-electron chi connectivity index (χ4n) is 1.38. The van der Waals surface area contributed by atoms with Crippen LogP contribution < -0.4 is 16.0 Å². The van der Waals surface area contributed by atoms with Gasteiger partial charge in [-0.2, -0.15) is 0 Å². The van der Waals surface area contributed by atoms with Gasteiger partial charge in [0.05, 0.1) is 6.04 Å². The van der Waals surface area contributed by atoms with Crippen molar-refractivity contribution < 1.29 is 9.59 Å². The summed E-state index contributed by atoms with van der Waals surface area (Å²) in [5, 5.41) is 8.79. The van der Waals surface area contributed by atoms with Gasteiger partial charge in [0.25, 0.3) is 0 Å². The molecule has 0 rings (SSSR count). The van der Waals surface area contributed by atoms with Crippen molar-refractivity contribution in [2.75, 3.05) is 13.1 Å². The van der Waals surface area contributed by atoms with Crippen molar-refractivity contribution in [2.24, 2.45) is 5.92 Å². The van der Waals surface area contributed by atoms with Gasteiger partial charge in [-0.3, -0.25) is 9.59 Å². The van der Waals surface area contributed by atoms with Crippen LogP contribution in [0.15, 0.2) is 0 Å². The molecule has 0 saturated carbocycles. The third-order valence-corrected chi connectivity index (χ3v) is 2.40. The third kappa shape index (κ3) is 10.5. The maximum atomic E-state index is 11.8. The summed E-state index contributed by atoms with van der Waals surface area (Å²) in [5.74, 6) is 0.424. The number of carbonyl (C=O) groups excluding carboxylic acids is 2. The van der Waals surface area contributed by atoms with Gasteiger partial charge in [-0.25, -0.2) is 0 Å². The zero-order valence-electron chi connectivity index (χ0n) is 13.1. The second-order valence-electron chi connectivity index (χ2n) is 6.36. The monoisotopic (exact) mass is 271 g/mol. The minimum atomic E-state index is -0.294. The Hall–Kier alpha value is -1.10. The van der Waals surface area contributed by atoms with Gasteiger partial charge in [-0.15, -0.1) is 0 Å². The lowest BCUT2D eigenvalue weighted by Gasteiger charge is -2.23. The lowest BCUT2D eigenvalue weighted by Crippen LogP contribution is -2.50. The van der Waals surface area contributed by atoms with Crippen LogP contribution in [0.2, 0.25) is 0 Å². The summed E-state index contributed by atoms with van der Waals surface area (Å²) in [6.45, 7) is 12.9. The van der Waals surface area contributed by atoms with Crippen LogP contribution in [0.25, 0.3) is 0 Å². The van der Waals surface area contributed by atoms with E-state index >= 15 is 0 Å². The molecule has 0 spiro atoms. The smallest absolute Gasteiger partial charge is 0.237 e. The molecule has 0 aliphatic rings. The number of amides is 2. The van der Waals surface area contributed by atoms with Crippen LogP contribution in [0.5, 0.6) is 0 Å². The predicted molar refractivity (Wildman–Crippen MR) is 77.8 cm³/mol. The molecule has 0 saturated heterocycles. The van der Waals surface area contributed by atoms with Gasteiger partial charge in [0.15, 0.2) is 0 Å². The highest BCUT2D eigenvalue weighted by molar-refractivity contribution is 5.82. The van der Waals surface area contributed by atoms with Crippen molar-refractivity contribution in [3.63, 3.8) is 0 Å². The average Bonchev–Trinajstić information content (AvgIpc) is 2.23. The second kappa shape index (κ2) is 8.15. The largest absolute Gasteiger partial charge is 0.356 e. The molecule has 0 fully saturated rings. The maximum absolute atomic E-state index is 11.8. The van der Waals surface area contributed by atoms with E-state index in [4.69, 9.17) is 0 Å². The van der Waals surface area contributed by atoms with E-state index in [9.17, 15) is 9.59 Å². The zero-order valence-corrected chi connectivity index (χ0v) is 13.1. The summed E-state index contributed by atoms with van der Waals surface area (Å²) in [5.41, 5.74) is -0.234. The van der Waals surface area contributed by atoms with Gasteiger partial charge in [0.1, 0.15) is 0 Å². The Balaban J connectivity index is 3.82. The molecule has 5 heteroatoms. The molecule has 3 N–H and O–H groups in total. The molecule has 19 heavy (non-hydrogen) atoms. The molecule has 0 aliphatic heterocycles. The first-order valence-corrected chi connectivity index (χ1v) is 6.94. The van der Waals surface area contributed by atoms with Gasteiger partial charge >= 0.3 is 0 Å². The molecule has 1 atom stereocenters. The van der Waals surface area contributed by atoms with Crippen LogP contribution >= 0.6 is 0 Å². The molecular formula is C14H29N3O2. The van der Waals surface area contributed by atoms with Crippen molar-refractivity contribution in [2.45, 2.75) is 59.5 Å². The van der Waals surface area contributed by atoms with Gasteiger partial charge in [-0.05, 0) is 33.6 Å². The van der Waals surface area contributed by atoms with E-state index in [1.807, 2.05) is 20.8 Å². The fraction of sp³-hybridized carbons (Fsp3) is 0.857. The van der Waals surface area contributed by atoms with Gasteiger partial charge in [0, 0.05) is 25.0 Å². The van der Waals surface area contributed by atoms with Gasteiger partial charge in [-0.1, -0.05) is 13.8 Å². The van der Waals surface area contributed by atoms with Crippen molar-refractivity contribution in [3.05, 3.63) is 0 Å². The summed E-state index contributed by atoms with van der Waals surface area (Å²) >= 11 is 0. The molecule has 0 aromatic carbocycles. The van der Waals surface area contributed by atoms with E-state index in [-0.39, 0.29) is 23.4 Å². The Morgan fingerprint density at radius 2 is 1.68 bits per heavy atom. The summed E-state index contributed by atoms with van der Waals surface area (Å²) < 4.78 is 0. The highest BCUT2D eigenvalue weighted by Crippen LogP contribution is 1.99. The van der Waals surface area contributed by atoms with Gasteiger partial charge in [0.2, 0.25) is 11.8 Å². The van der Waals surface area contributed by atoms with Crippen LogP contribution in [-0.4, -0.2) is 36.5 Å². The predicted octanol–water partition coefficient (Wildman–Crippen LogP) is 1.04. The zero-order chi connectivity index (χ0) is 15.1. The van der Waals surface area contributed by atoms with E-state index in [0.29, 0.717) is 25.4 Å². The Morgan fingerprint density at radius 3 is 2.16 bits per heavy atom. The lowest BCUT2D eigenvalue weighted by molar-refractivity contribution is -0.125. The Morgan fingerprint density at radius 1 is 1.11 bits per heavy atom. The van der Waals surface area contributed by atoms with Gasteiger partial charge < -0.3 is 16.0 Å². The van der Waals surface area contributed by atoms with Crippen LogP contribution in [-0.2, 0) is 9.59 Å². The van der Waals surface area contributed by atoms with E-state index in [2.05, 4.69) is 29.8 Å². The van der Waals surface area contributed by atoms with E-state index in [0.717, 1.165) is 0 Å². The molecule has 112 valence electrons. The summed E-state index contributed by atoms with van der Waals surface area (Å²) in [6, 6.07) is -0.294. The maximum Gasteiger partial charge on any atom is 0.237 e. The Bertz CT molecular complexity index is 296. The molecule has 0 heterocycles. The number of carbonyl (C=O) groups is 2. The fourth-order valence-corrected chi connectivity index (χ4v) is 1.38. The minimum absolute atomic E-state index is 0.0182. The SMILES string of the molecule is CC(C)CNC(=O)CCNC(C)C(=O)NC(C)(C)C. The van der Waals surface area contributed by atoms with E-state index in [1.54, 1.807) is 6.92 Å². The summed E-state index contributed by atoms with van der Waals surface area (Å²) in [6.07, 6.45) is 0.389. The molecular weight excluding hydrogens is 242 g/mol. The van der Waals surface area contributed by atoms with E-state index in [1.165, 1.54) is 0 Å². The van der Waals surface area contributed by atoms with Crippen LogP contribution in [0.1, 0.15) is 48.0 Å². The molecule has 0 aromatic heterocycles. The van der Waals surface area contributed by atoms with E-state index < -0.39 is 0 Å². The number of hydrogen-bond acceptors (Lipinski definition) is 3. The van der Waals surface area contributed by atoms with Crippen molar-refractivity contribution in [3.8, 4) is 0 Å². The lowest BCUT2D eigenvalue weighted by atomic mass is 10.1. The van der Waals surface area contributed by atoms with Crippen molar-refractivity contribution in [1.29, 1.82) is 0 Å². The first kappa shape index (κ1) is 17.9. The van der Waals surface area contributed by atoms with Crippen molar-refractivity contribution in [1.82, 2.24) is 16.0 Å². The summed E-state index contributed by atoms with van der Waals surface area (Å²) in [4.78, 5) is 23.3. The molecule has 0 bridgehead atoms. The minimum Gasteiger partial charge on any atom is -0.356 e. The van der Waals surface area contributed by atoms with Crippen molar-refractivity contribution >= 4 is 11.8 Å². The first-order valence-electron chi connectivity index (χ1n) is 6.94. The normalized spacial score (nSPS) is 13.2. The standard InChI is InChI=1S/C14H29N3O2/c1-10(2)9-16-12(18)7-8-15-11(3)13(19)17-14(4,5)6/h10-11,15H,7-9H2,1-6H3,(H,16,18)(H,17,19). The third-order valence-electron chi connectivity index (χ3n) is 2.40.